The Balaban J connectivity index is 2.11. The number of carbonyl (C=O) groups excluding carboxylic acids is 1. The van der Waals surface area contributed by atoms with Gasteiger partial charge in [0, 0.05) is 25.2 Å². The summed E-state index contributed by atoms with van der Waals surface area (Å²) in [5.41, 5.74) is -0.626. The van der Waals surface area contributed by atoms with Crippen LogP contribution in [0.2, 0.25) is 0 Å². The molecule has 0 unspecified atom stereocenters. The van der Waals surface area contributed by atoms with Crippen LogP contribution in [0.15, 0.2) is 23.1 Å². The molecule has 0 radical (unpaired) electrons. The number of hydrogen-bond donors (Lipinski definition) is 2. The zero-order valence-electron chi connectivity index (χ0n) is 14.6. The fourth-order valence-electron chi connectivity index (χ4n) is 2.64. The van der Waals surface area contributed by atoms with Crippen LogP contribution in [0.1, 0.15) is 24.2 Å². The average molecular weight is 373 g/mol. The summed E-state index contributed by atoms with van der Waals surface area (Å²) in [6, 6.07) is 3.14. The van der Waals surface area contributed by atoms with E-state index in [0.29, 0.717) is 19.8 Å². The summed E-state index contributed by atoms with van der Waals surface area (Å²) < 4.78 is 45.1. The summed E-state index contributed by atoms with van der Waals surface area (Å²) in [6.07, 6.45) is 0. The molecular weight excluding hydrogens is 349 g/mol. The van der Waals surface area contributed by atoms with Crippen molar-refractivity contribution in [3.05, 3.63) is 29.6 Å². The van der Waals surface area contributed by atoms with Gasteiger partial charge >= 0.3 is 0 Å². The van der Waals surface area contributed by atoms with Crippen molar-refractivity contribution in [1.29, 1.82) is 0 Å². The number of sulfonamides is 1. The Morgan fingerprint density at radius 3 is 2.56 bits per heavy atom. The van der Waals surface area contributed by atoms with Crippen molar-refractivity contribution in [1.82, 2.24) is 14.9 Å². The van der Waals surface area contributed by atoms with Gasteiger partial charge in [-0.1, -0.05) is 0 Å². The standard InChI is InChI=1S/C16H24FN3O4S/c1-16(2,20-6-8-24-9-7-20)11-19-15(21)13-10-12(4-5-14(13)17)25(22,23)18-3/h4-5,10,18H,6-9,11H2,1-3H3,(H,19,21). The topological polar surface area (TPSA) is 87.7 Å². The molecular formula is C16H24FN3O4S. The second kappa shape index (κ2) is 7.77. The number of nitrogens with one attached hydrogen (secondary N) is 2. The number of halogens is 1. The van der Waals surface area contributed by atoms with E-state index in [9.17, 15) is 17.6 Å². The molecule has 0 aliphatic carbocycles. The van der Waals surface area contributed by atoms with Gasteiger partial charge in [0.1, 0.15) is 5.82 Å². The highest BCUT2D eigenvalue weighted by molar-refractivity contribution is 7.89. The summed E-state index contributed by atoms with van der Waals surface area (Å²) in [4.78, 5) is 14.4. The lowest BCUT2D eigenvalue weighted by atomic mass is 10.0. The molecule has 1 fully saturated rings. The van der Waals surface area contributed by atoms with Crippen LogP contribution in [0.4, 0.5) is 4.39 Å². The van der Waals surface area contributed by atoms with E-state index in [1.165, 1.54) is 7.05 Å². The summed E-state index contributed by atoms with van der Waals surface area (Å²) in [5.74, 6) is -1.41. The second-order valence-electron chi connectivity index (χ2n) is 6.44. The van der Waals surface area contributed by atoms with Crippen molar-refractivity contribution in [2.24, 2.45) is 0 Å². The van der Waals surface area contributed by atoms with Crippen molar-refractivity contribution >= 4 is 15.9 Å². The first-order chi connectivity index (χ1) is 11.7. The van der Waals surface area contributed by atoms with Crippen LogP contribution in [0.3, 0.4) is 0 Å². The fraction of sp³-hybridized carbons (Fsp3) is 0.562. The molecule has 9 heteroatoms. The Kier molecular flexibility index (Phi) is 6.15. The van der Waals surface area contributed by atoms with Gasteiger partial charge in [-0.15, -0.1) is 0 Å². The van der Waals surface area contributed by atoms with Crippen molar-refractivity contribution < 1.29 is 22.3 Å². The molecule has 7 nitrogen and oxygen atoms in total. The lowest BCUT2D eigenvalue weighted by Crippen LogP contribution is -2.55. The SMILES string of the molecule is CNS(=O)(=O)c1ccc(F)c(C(=O)NCC(C)(C)N2CCOCC2)c1. The van der Waals surface area contributed by atoms with Gasteiger partial charge in [0.2, 0.25) is 10.0 Å². The summed E-state index contributed by atoms with van der Waals surface area (Å²) in [6.45, 7) is 7.05. The predicted molar refractivity (Wildman–Crippen MR) is 91.4 cm³/mol. The Labute approximate surface area is 147 Å². The molecule has 0 saturated carbocycles. The molecule has 0 atom stereocenters. The third-order valence-corrected chi connectivity index (χ3v) is 5.72. The Morgan fingerprint density at radius 1 is 1.32 bits per heavy atom. The number of hydrogen-bond acceptors (Lipinski definition) is 5. The Hall–Kier alpha value is -1.55. The average Bonchev–Trinajstić information content (AvgIpc) is 2.60. The molecule has 0 spiro atoms. The predicted octanol–water partition coefficient (Wildman–Crippen LogP) is 0.574. The Bertz CT molecular complexity index is 731. The van der Waals surface area contributed by atoms with Gasteiger partial charge in [-0.05, 0) is 39.1 Å². The molecule has 1 aliphatic heterocycles. The molecule has 1 heterocycles. The van der Waals surface area contributed by atoms with Gasteiger partial charge in [-0.3, -0.25) is 9.69 Å². The number of carbonyl (C=O) groups is 1. The number of ether oxygens (including phenoxy) is 1. The molecule has 1 aliphatic rings. The van der Waals surface area contributed by atoms with E-state index >= 15 is 0 Å². The maximum atomic E-state index is 14.0. The van der Waals surface area contributed by atoms with Crippen molar-refractivity contribution in [2.75, 3.05) is 39.9 Å². The van der Waals surface area contributed by atoms with Crippen LogP contribution in [0.25, 0.3) is 0 Å². The van der Waals surface area contributed by atoms with Crippen LogP contribution < -0.4 is 10.0 Å². The first-order valence-corrected chi connectivity index (χ1v) is 9.50. The van der Waals surface area contributed by atoms with E-state index in [2.05, 4.69) is 14.9 Å². The number of morpholine rings is 1. The van der Waals surface area contributed by atoms with Crippen molar-refractivity contribution in [3.63, 3.8) is 0 Å². The smallest absolute Gasteiger partial charge is 0.254 e. The van der Waals surface area contributed by atoms with Gasteiger partial charge in [0.15, 0.2) is 0 Å². The molecule has 1 amide bonds. The molecule has 25 heavy (non-hydrogen) atoms. The van der Waals surface area contributed by atoms with Gasteiger partial charge in [-0.25, -0.2) is 17.5 Å². The maximum Gasteiger partial charge on any atom is 0.254 e. The van der Waals surface area contributed by atoms with E-state index in [-0.39, 0.29) is 16.0 Å². The molecule has 1 aromatic carbocycles. The molecule has 1 aromatic rings. The monoisotopic (exact) mass is 373 g/mol. The van der Waals surface area contributed by atoms with Crippen LogP contribution in [0, 0.1) is 5.82 Å². The lowest BCUT2D eigenvalue weighted by Gasteiger charge is -2.40. The van der Waals surface area contributed by atoms with Crippen molar-refractivity contribution in [2.45, 2.75) is 24.3 Å². The summed E-state index contributed by atoms with van der Waals surface area (Å²) in [5, 5.41) is 2.70. The van der Waals surface area contributed by atoms with Crippen molar-refractivity contribution in [3.8, 4) is 0 Å². The number of amides is 1. The molecule has 0 bridgehead atoms. The number of benzene rings is 1. The minimum absolute atomic E-state index is 0.158. The van der Waals surface area contributed by atoms with E-state index < -0.39 is 21.7 Å². The molecule has 2 rings (SSSR count). The second-order valence-corrected chi connectivity index (χ2v) is 8.33. The van der Waals surface area contributed by atoms with Crippen LogP contribution in [0.5, 0.6) is 0 Å². The van der Waals surface area contributed by atoms with E-state index in [1.54, 1.807) is 0 Å². The highest BCUT2D eigenvalue weighted by Crippen LogP contribution is 2.17. The van der Waals surface area contributed by atoms with E-state index in [4.69, 9.17) is 4.74 Å². The Morgan fingerprint density at radius 2 is 1.96 bits per heavy atom. The number of rotatable bonds is 6. The van der Waals surface area contributed by atoms with Gasteiger partial charge in [0.05, 0.1) is 23.7 Å². The largest absolute Gasteiger partial charge is 0.379 e. The minimum atomic E-state index is -3.75. The lowest BCUT2D eigenvalue weighted by molar-refractivity contribution is -0.00924. The first kappa shape index (κ1) is 19.8. The summed E-state index contributed by atoms with van der Waals surface area (Å²) >= 11 is 0. The molecule has 1 saturated heterocycles. The van der Waals surface area contributed by atoms with Gasteiger partial charge in [-0.2, -0.15) is 0 Å². The highest BCUT2D eigenvalue weighted by atomic mass is 32.2. The van der Waals surface area contributed by atoms with Crippen LogP contribution in [-0.4, -0.2) is 64.7 Å². The third kappa shape index (κ3) is 4.75. The third-order valence-electron chi connectivity index (χ3n) is 4.31. The van der Waals surface area contributed by atoms with Gasteiger partial charge < -0.3 is 10.1 Å². The van der Waals surface area contributed by atoms with Crippen LogP contribution in [-0.2, 0) is 14.8 Å². The minimum Gasteiger partial charge on any atom is -0.379 e. The van der Waals surface area contributed by atoms with Crippen LogP contribution >= 0.6 is 0 Å². The quantitative estimate of drug-likeness (QED) is 0.761. The molecule has 140 valence electrons. The normalized spacial score (nSPS) is 16.6. The fourth-order valence-corrected chi connectivity index (χ4v) is 3.39. The van der Waals surface area contributed by atoms with E-state index in [1.807, 2.05) is 13.8 Å². The van der Waals surface area contributed by atoms with Gasteiger partial charge in [0.25, 0.3) is 5.91 Å². The molecule has 2 N–H and O–H groups in total. The van der Waals surface area contributed by atoms with E-state index in [0.717, 1.165) is 31.3 Å². The summed E-state index contributed by atoms with van der Waals surface area (Å²) in [7, 11) is -2.50. The molecule has 0 aromatic heterocycles. The first-order valence-electron chi connectivity index (χ1n) is 8.01. The number of nitrogens with zero attached hydrogens (tertiary/aromatic N) is 1. The zero-order valence-corrected chi connectivity index (χ0v) is 15.5. The highest BCUT2D eigenvalue weighted by Gasteiger charge is 2.29. The maximum absolute atomic E-state index is 14.0. The zero-order chi connectivity index (χ0) is 18.7.